The van der Waals surface area contributed by atoms with E-state index < -0.39 is 16.1 Å². The van der Waals surface area contributed by atoms with E-state index in [0.717, 1.165) is 6.26 Å². The van der Waals surface area contributed by atoms with Crippen molar-refractivity contribution in [1.82, 2.24) is 5.32 Å². The fraction of sp³-hybridized carbons (Fsp3) is 0.562. The van der Waals surface area contributed by atoms with Crippen molar-refractivity contribution < 1.29 is 17.9 Å². The molecule has 1 rings (SSSR count). The number of ether oxygens (including phenoxy) is 1. The summed E-state index contributed by atoms with van der Waals surface area (Å²) in [6.07, 6.45) is 1.13. The zero-order valence-electron chi connectivity index (χ0n) is 14.4. The highest BCUT2D eigenvalue weighted by Gasteiger charge is 2.18. The fourth-order valence-corrected chi connectivity index (χ4v) is 2.34. The van der Waals surface area contributed by atoms with Crippen molar-refractivity contribution in [3.63, 3.8) is 0 Å². The van der Waals surface area contributed by atoms with Gasteiger partial charge >= 0.3 is 0 Å². The van der Waals surface area contributed by atoms with E-state index in [1.807, 2.05) is 20.8 Å². The topological polar surface area (TPSA) is 75.7 Å². The Morgan fingerprint density at radius 3 is 2.26 bits per heavy atom. The van der Waals surface area contributed by atoms with Gasteiger partial charge in [-0.15, -0.1) is 0 Å². The van der Waals surface area contributed by atoms with Crippen molar-refractivity contribution in [3.8, 4) is 5.75 Å². The average molecular weight is 342 g/mol. The van der Waals surface area contributed by atoms with Crippen LogP contribution in [0.15, 0.2) is 24.3 Å². The van der Waals surface area contributed by atoms with E-state index >= 15 is 0 Å². The van der Waals surface area contributed by atoms with Crippen molar-refractivity contribution in [3.05, 3.63) is 24.3 Å². The Morgan fingerprint density at radius 2 is 1.83 bits per heavy atom. The van der Waals surface area contributed by atoms with Gasteiger partial charge < -0.3 is 10.1 Å². The van der Waals surface area contributed by atoms with Crippen LogP contribution >= 0.6 is 0 Å². The lowest BCUT2D eigenvalue weighted by molar-refractivity contribution is -0.128. The molecular weight excluding hydrogens is 316 g/mol. The first kappa shape index (κ1) is 19.3. The molecule has 1 aromatic rings. The van der Waals surface area contributed by atoms with Gasteiger partial charge in [-0.05, 0) is 36.6 Å². The van der Waals surface area contributed by atoms with Crippen LogP contribution in [-0.4, -0.2) is 40.3 Å². The number of nitrogens with zero attached hydrogens (tertiary/aromatic N) is 1. The van der Waals surface area contributed by atoms with E-state index in [4.69, 9.17) is 4.74 Å². The summed E-state index contributed by atoms with van der Waals surface area (Å²) in [5, 5.41) is 2.85. The molecule has 0 unspecified atom stereocenters. The van der Waals surface area contributed by atoms with Crippen LogP contribution in [0.4, 0.5) is 5.69 Å². The van der Waals surface area contributed by atoms with E-state index in [1.54, 1.807) is 24.3 Å². The monoisotopic (exact) mass is 342 g/mol. The number of sulfonamides is 1. The maximum Gasteiger partial charge on any atom is 0.261 e. The van der Waals surface area contributed by atoms with Crippen LogP contribution in [0.3, 0.4) is 0 Å². The molecule has 0 spiro atoms. The van der Waals surface area contributed by atoms with Gasteiger partial charge in [0.2, 0.25) is 10.0 Å². The lowest BCUT2D eigenvalue weighted by Crippen LogP contribution is -2.39. The molecule has 1 amide bonds. The Morgan fingerprint density at radius 1 is 1.26 bits per heavy atom. The van der Waals surface area contributed by atoms with E-state index in [-0.39, 0.29) is 5.91 Å². The minimum Gasteiger partial charge on any atom is -0.481 e. The molecule has 0 saturated heterocycles. The maximum absolute atomic E-state index is 12.1. The lowest BCUT2D eigenvalue weighted by Gasteiger charge is -2.20. The molecule has 0 aliphatic heterocycles. The molecule has 6 nitrogen and oxygen atoms in total. The normalized spacial score (nSPS) is 12.8. The molecule has 0 saturated carbocycles. The summed E-state index contributed by atoms with van der Waals surface area (Å²) in [6, 6.07) is 6.62. The number of amides is 1. The van der Waals surface area contributed by atoms with Gasteiger partial charge in [0.25, 0.3) is 5.91 Å². The number of anilines is 1. The molecule has 0 radical (unpaired) electrons. The molecule has 1 N–H and O–H groups in total. The zero-order chi connectivity index (χ0) is 17.6. The van der Waals surface area contributed by atoms with E-state index in [0.29, 0.717) is 30.3 Å². The highest BCUT2D eigenvalue weighted by atomic mass is 32.2. The van der Waals surface area contributed by atoms with Crippen molar-refractivity contribution >= 4 is 21.6 Å². The number of hydrogen-bond acceptors (Lipinski definition) is 4. The molecular formula is C16H26N2O4S. The summed E-state index contributed by atoms with van der Waals surface area (Å²) in [6.45, 7) is 6.54. The van der Waals surface area contributed by atoms with Gasteiger partial charge in [-0.1, -0.05) is 20.8 Å². The Balaban J connectivity index is 2.74. The molecule has 0 heterocycles. The molecule has 130 valence electrons. The standard InChI is InChI=1S/C16H26N2O4S/c1-6-15(16(19)17-11-12(2)3)22-14-9-7-13(8-10-14)18(4)23(5,20)21/h7-10,12,15H,6,11H2,1-5H3,(H,17,19)/t15-/m1/s1. The summed E-state index contributed by atoms with van der Waals surface area (Å²) >= 11 is 0. The van der Waals surface area contributed by atoms with Crippen LogP contribution in [0, 0.1) is 5.92 Å². The van der Waals surface area contributed by atoms with Crippen molar-refractivity contribution in [2.24, 2.45) is 5.92 Å². The number of rotatable bonds is 8. The summed E-state index contributed by atoms with van der Waals surface area (Å²) < 4.78 is 29.9. The number of carbonyl (C=O) groups is 1. The molecule has 0 bridgehead atoms. The average Bonchev–Trinajstić information content (AvgIpc) is 2.49. The Hall–Kier alpha value is -1.76. The van der Waals surface area contributed by atoms with E-state index in [1.165, 1.54) is 11.4 Å². The number of nitrogens with one attached hydrogen (secondary N) is 1. The number of benzene rings is 1. The van der Waals surface area contributed by atoms with Crippen LogP contribution in [0.2, 0.25) is 0 Å². The van der Waals surface area contributed by atoms with Crippen molar-refractivity contribution in [2.45, 2.75) is 33.3 Å². The summed E-state index contributed by atoms with van der Waals surface area (Å²) in [4.78, 5) is 12.1. The third-order valence-electron chi connectivity index (χ3n) is 3.32. The first-order valence-corrected chi connectivity index (χ1v) is 9.48. The highest BCUT2D eigenvalue weighted by molar-refractivity contribution is 7.92. The Labute approximate surface area is 138 Å². The van der Waals surface area contributed by atoms with Gasteiger partial charge in [-0.3, -0.25) is 9.10 Å². The van der Waals surface area contributed by atoms with Gasteiger partial charge in [-0.2, -0.15) is 0 Å². The van der Waals surface area contributed by atoms with Gasteiger partial charge in [0.15, 0.2) is 6.10 Å². The van der Waals surface area contributed by atoms with Crippen LogP contribution in [0.1, 0.15) is 27.2 Å². The quantitative estimate of drug-likeness (QED) is 0.784. The Bertz CT molecular complexity index is 611. The zero-order valence-corrected chi connectivity index (χ0v) is 15.2. The summed E-state index contributed by atoms with van der Waals surface area (Å²) in [5.41, 5.74) is 0.539. The first-order chi connectivity index (χ1) is 10.6. The van der Waals surface area contributed by atoms with Crippen LogP contribution < -0.4 is 14.4 Å². The Kier molecular flexibility index (Phi) is 6.87. The van der Waals surface area contributed by atoms with E-state index in [9.17, 15) is 13.2 Å². The minimum atomic E-state index is -3.30. The fourth-order valence-electron chi connectivity index (χ4n) is 1.83. The largest absolute Gasteiger partial charge is 0.481 e. The predicted molar refractivity (Wildman–Crippen MR) is 92.2 cm³/mol. The van der Waals surface area contributed by atoms with Crippen LogP contribution in [0.5, 0.6) is 5.75 Å². The van der Waals surface area contributed by atoms with Crippen molar-refractivity contribution in [1.29, 1.82) is 0 Å². The second-order valence-electron chi connectivity index (χ2n) is 5.88. The van der Waals surface area contributed by atoms with Gasteiger partial charge in [-0.25, -0.2) is 8.42 Å². The molecule has 1 atom stereocenters. The second-order valence-corrected chi connectivity index (χ2v) is 7.89. The number of hydrogen-bond donors (Lipinski definition) is 1. The van der Waals surface area contributed by atoms with Crippen LogP contribution in [0.25, 0.3) is 0 Å². The lowest BCUT2D eigenvalue weighted by atomic mass is 10.2. The molecule has 1 aromatic carbocycles. The van der Waals surface area contributed by atoms with Gasteiger partial charge in [0, 0.05) is 13.6 Å². The summed E-state index contributed by atoms with van der Waals surface area (Å²) in [5.74, 6) is 0.767. The van der Waals surface area contributed by atoms with Crippen LogP contribution in [-0.2, 0) is 14.8 Å². The second kappa shape index (κ2) is 8.19. The predicted octanol–water partition coefficient (Wildman–Crippen LogP) is 2.01. The van der Waals surface area contributed by atoms with Gasteiger partial charge in [0.1, 0.15) is 5.75 Å². The molecule has 7 heteroatoms. The number of carbonyl (C=O) groups excluding carboxylic acids is 1. The molecule has 0 aromatic heterocycles. The molecule has 0 aliphatic carbocycles. The van der Waals surface area contributed by atoms with Crippen molar-refractivity contribution in [2.75, 3.05) is 24.2 Å². The maximum atomic E-state index is 12.1. The molecule has 23 heavy (non-hydrogen) atoms. The third-order valence-corrected chi connectivity index (χ3v) is 4.53. The highest BCUT2D eigenvalue weighted by Crippen LogP contribution is 2.21. The molecule has 0 aliphatic rings. The SMILES string of the molecule is CC[C@@H](Oc1ccc(N(C)S(C)(=O)=O)cc1)C(=O)NCC(C)C. The van der Waals surface area contributed by atoms with Gasteiger partial charge in [0.05, 0.1) is 11.9 Å². The summed E-state index contributed by atoms with van der Waals surface area (Å²) in [7, 11) is -1.81. The smallest absolute Gasteiger partial charge is 0.261 e. The third kappa shape index (κ3) is 6.09. The minimum absolute atomic E-state index is 0.140. The molecule has 0 fully saturated rings. The van der Waals surface area contributed by atoms with E-state index in [2.05, 4.69) is 5.32 Å². The first-order valence-electron chi connectivity index (χ1n) is 7.63.